The van der Waals surface area contributed by atoms with E-state index in [1.807, 2.05) is 14.1 Å². The molecule has 0 unspecified atom stereocenters. The van der Waals surface area contributed by atoms with Crippen molar-refractivity contribution in [3.63, 3.8) is 0 Å². The molecular weight excluding hydrogens is 368 g/mol. The zero-order chi connectivity index (χ0) is 20.8. The van der Waals surface area contributed by atoms with Crippen LogP contribution in [0.3, 0.4) is 0 Å². The van der Waals surface area contributed by atoms with Crippen molar-refractivity contribution >= 4 is 28.4 Å². The van der Waals surface area contributed by atoms with Crippen molar-refractivity contribution in [2.75, 3.05) is 37.8 Å². The molecule has 0 amide bonds. The van der Waals surface area contributed by atoms with Crippen LogP contribution >= 0.6 is 0 Å². The number of non-ortho nitro benzene ring substituents is 1. The van der Waals surface area contributed by atoms with E-state index in [-0.39, 0.29) is 5.69 Å². The van der Waals surface area contributed by atoms with Crippen LogP contribution in [-0.4, -0.2) is 47.0 Å². The normalized spacial score (nSPS) is 11.0. The third-order valence-corrected chi connectivity index (χ3v) is 4.51. The van der Waals surface area contributed by atoms with E-state index in [0.717, 1.165) is 25.1 Å². The quantitative estimate of drug-likeness (QED) is 0.323. The highest BCUT2D eigenvalue weighted by molar-refractivity contribution is 5.82. The maximum Gasteiger partial charge on any atom is 0.271 e. The third kappa shape index (κ3) is 5.61. The van der Waals surface area contributed by atoms with Gasteiger partial charge in [0.25, 0.3) is 5.69 Å². The fraction of sp³-hybridized carbons (Fsp3) is 0.333. The van der Waals surface area contributed by atoms with Gasteiger partial charge < -0.3 is 15.5 Å². The van der Waals surface area contributed by atoms with E-state index < -0.39 is 4.92 Å². The molecule has 2 N–H and O–H groups in total. The van der Waals surface area contributed by atoms with E-state index >= 15 is 0 Å². The van der Waals surface area contributed by atoms with Crippen molar-refractivity contribution in [3.05, 3.63) is 63.7 Å². The number of hydrogen-bond acceptors (Lipinski definition) is 7. The molecule has 8 nitrogen and oxygen atoms in total. The molecule has 29 heavy (non-hydrogen) atoms. The van der Waals surface area contributed by atoms with Crippen LogP contribution in [0.15, 0.2) is 42.5 Å². The van der Waals surface area contributed by atoms with Crippen LogP contribution < -0.4 is 10.6 Å². The summed E-state index contributed by atoms with van der Waals surface area (Å²) in [5, 5.41) is 17.7. The van der Waals surface area contributed by atoms with Gasteiger partial charge in [0.15, 0.2) is 11.6 Å². The topological polar surface area (TPSA) is 96.2 Å². The molecule has 3 rings (SSSR count). The first kappa shape index (κ1) is 20.5. The number of nitro benzene ring substituents is 1. The number of fused-ring (bicyclic) bond motifs is 1. The number of aryl methyl sites for hydroxylation is 1. The Labute approximate surface area is 170 Å². The molecule has 0 saturated carbocycles. The summed E-state index contributed by atoms with van der Waals surface area (Å²) in [6.45, 7) is 4.35. The summed E-state index contributed by atoms with van der Waals surface area (Å²) in [6, 6.07) is 12.8. The molecule has 1 heterocycles. The second kappa shape index (κ2) is 9.29. The highest BCUT2D eigenvalue weighted by Crippen LogP contribution is 2.25. The lowest BCUT2D eigenvalue weighted by Crippen LogP contribution is -2.17. The number of anilines is 2. The fourth-order valence-electron chi connectivity index (χ4n) is 2.90. The summed E-state index contributed by atoms with van der Waals surface area (Å²) in [5.74, 6) is 1.24. The average molecular weight is 394 g/mol. The number of aromatic nitrogens is 2. The summed E-state index contributed by atoms with van der Waals surface area (Å²) in [4.78, 5) is 22.0. The highest BCUT2D eigenvalue weighted by Gasteiger charge is 2.13. The number of nitrogens with one attached hydrogen (secondary N) is 2. The summed E-state index contributed by atoms with van der Waals surface area (Å²) in [7, 11) is 4.06. The number of nitrogens with zero attached hydrogens (tertiary/aromatic N) is 4. The Morgan fingerprint density at radius 2 is 1.69 bits per heavy atom. The van der Waals surface area contributed by atoms with Crippen molar-refractivity contribution in [2.45, 2.75) is 19.9 Å². The summed E-state index contributed by atoms with van der Waals surface area (Å²) < 4.78 is 0. The van der Waals surface area contributed by atoms with Crippen molar-refractivity contribution in [2.24, 2.45) is 0 Å². The summed E-state index contributed by atoms with van der Waals surface area (Å²) >= 11 is 0. The van der Waals surface area contributed by atoms with Crippen LogP contribution in [0.1, 0.15) is 17.5 Å². The maximum atomic E-state index is 11.1. The van der Waals surface area contributed by atoms with E-state index in [1.165, 1.54) is 17.7 Å². The molecule has 1 aromatic heterocycles. The monoisotopic (exact) mass is 394 g/mol. The molecule has 0 radical (unpaired) electrons. The Kier molecular flexibility index (Phi) is 6.56. The zero-order valence-corrected chi connectivity index (χ0v) is 17.0. The molecule has 8 heteroatoms. The van der Waals surface area contributed by atoms with Crippen LogP contribution in [-0.2, 0) is 6.54 Å². The van der Waals surface area contributed by atoms with Crippen LogP contribution in [0.4, 0.5) is 17.3 Å². The van der Waals surface area contributed by atoms with Gasteiger partial charge in [0.1, 0.15) is 0 Å². The lowest BCUT2D eigenvalue weighted by Gasteiger charge is -2.14. The second-order valence-corrected chi connectivity index (χ2v) is 7.27. The van der Waals surface area contributed by atoms with E-state index in [9.17, 15) is 10.1 Å². The van der Waals surface area contributed by atoms with Gasteiger partial charge in [-0.05, 0) is 45.6 Å². The first-order chi connectivity index (χ1) is 13.9. The van der Waals surface area contributed by atoms with Gasteiger partial charge in [-0.25, -0.2) is 9.97 Å². The lowest BCUT2D eigenvalue weighted by atomic mass is 10.1. The van der Waals surface area contributed by atoms with Gasteiger partial charge in [-0.2, -0.15) is 0 Å². The Bertz CT molecular complexity index is 988. The van der Waals surface area contributed by atoms with Gasteiger partial charge in [0.2, 0.25) is 0 Å². The van der Waals surface area contributed by atoms with Gasteiger partial charge in [0, 0.05) is 25.2 Å². The molecule has 0 aliphatic carbocycles. The predicted molar refractivity (Wildman–Crippen MR) is 116 cm³/mol. The van der Waals surface area contributed by atoms with Crippen molar-refractivity contribution in [3.8, 4) is 0 Å². The van der Waals surface area contributed by atoms with Gasteiger partial charge in [0.05, 0.1) is 16.0 Å². The van der Waals surface area contributed by atoms with E-state index in [0.29, 0.717) is 29.2 Å². The van der Waals surface area contributed by atoms with Crippen LogP contribution in [0.25, 0.3) is 11.0 Å². The number of nitro groups is 1. The van der Waals surface area contributed by atoms with E-state index in [4.69, 9.17) is 0 Å². The Morgan fingerprint density at radius 1 is 1.00 bits per heavy atom. The van der Waals surface area contributed by atoms with Gasteiger partial charge in [-0.3, -0.25) is 10.1 Å². The Morgan fingerprint density at radius 3 is 2.38 bits per heavy atom. The first-order valence-corrected chi connectivity index (χ1v) is 9.56. The van der Waals surface area contributed by atoms with Crippen molar-refractivity contribution in [1.29, 1.82) is 0 Å². The molecule has 0 saturated heterocycles. The standard InChI is InChI=1S/C21H26N6O2/c1-15-5-7-16(8-6-15)14-23-21-20(22-11-4-12-26(2)3)25-19-13-17(27(28)29)9-10-18(19)24-21/h5-10,13H,4,11-12,14H2,1-3H3,(H,22,25)(H,23,24). The average Bonchev–Trinajstić information content (AvgIpc) is 2.70. The number of rotatable bonds is 9. The molecular formula is C21H26N6O2. The minimum absolute atomic E-state index is 0.00530. The first-order valence-electron chi connectivity index (χ1n) is 9.56. The summed E-state index contributed by atoms with van der Waals surface area (Å²) in [6.07, 6.45) is 0.944. The van der Waals surface area contributed by atoms with Crippen LogP contribution in [0.2, 0.25) is 0 Å². The van der Waals surface area contributed by atoms with Crippen molar-refractivity contribution < 1.29 is 4.92 Å². The van der Waals surface area contributed by atoms with Crippen LogP contribution in [0, 0.1) is 17.0 Å². The SMILES string of the molecule is Cc1ccc(CNc2nc3ccc([N+](=O)[O-])cc3nc2NCCCN(C)C)cc1. The predicted octanol–water partition coefficient (Wildman–Crippen LogP) is 3.82. The van der Waals surface area contributed by atoms with Crippen molar-refractivity contribution in [1.82, 2.24) is 14.9 Å². The molecule has 0 fully saturated rings. The van der Waals surface area contributed by atoms with E-state index in [1.54, 1.807) is 6.07 Å². The molecule has 0 bridgehead atoms. The van der Waals surface area contributed by atoms with E-state index in [2.05, 4.69) is 56.7 Å². The van der Waals surface area contributed by atoms with Gasteiger partial charge >= 0.3 is 0 Å². The molecule has 0 aliphatic heterocycles. The summed E-state index contributed by atoms with van der Waals surface area (Å²) in [5.41, 5.74) is 3.46. The highest BCUT2D eigenvalue weighted by atomic mass is 16.6. The lowest BCUT2D eigenvalue weighted by molar-refractivity contribution is -0.384. The minimum atomic E-state index is -0.422. The molecule has 2 aromatic carbocycles. The smallest absolute Gasteiger partial charge is 0.271 e. The van der Waals surface area contributed by atoms with Crippen LogP contribution in [0.5, 0.6) is 0 Å². The molecule has 3 aromatic rings. The zero-order valence-electron chi connectivity index (χ0n) is 17.0. The largest absolute Gasteiger partial charge is 0.367 e. The number of benzene rings is 2. The fourth-order valence-corrected chi connectivity index (χ4v) is 2.90. The van der Waals surface area contributed by atoms with Gasteiger partial charge in [-0.1, -0.05) is 29.8 Å². The Balaban J connectivity index is 1.85. The maximum absolute atomic E-state index is 11.1. The second-order valence-electron chi connectivity index (χ2n) is 7.27. The number of hydrogen-bond donors (Lipinski definition) is 2. The third-order valence-electron chi connectivity index (χ3n) is 4.51. The minimum Gasteiger partial charge on any atom is -0.367 e. The molecule has 0 spiro atoms. The molecule has 0 atom stereocenters. The molecule has 0 aliphatic rings. The Hall–Kier alpha value is -3.26. The molecule has 152 valence electrons. The van der Waals surface area contributed by atoms with Gasteiger partial charge in [-0.15, -0.1) is 0 Å².